The summed E-state index contributed by atoms with van der Waals surface area (Å²) in [7, 11) is 0. The minimum atomic E-state index is -1.56. The van der Waals surface area contributed by atoms with E-state index in [9.17, 15) is 28.7 Å². The van der Waals surface area contributed by atoms with Gasteiger partial charge < -0.3 is 30.9 Å². The average Bonchev–Trinajstić information content (AvgIpc) is 3.32. The Morgan fingerprint density at radius 1 is 1.39 bits per heavy atom. The van der Waals surface area contributed by atoms with Gasteiger partial charge in [-0.1, -0.05) is 11.2 Å². The average molecular weight is 564 g/mol. The second-order valence-corrected chi connectivity index (χ2v) is 9.54. The number of β-lactam (4-membered cyclic amide) rings is 1. The number of allylic oxidation sites excluding steroid dienone is 2. The van der Waals surface area contributed by atoms with Gasteiger partial charge in [-0.25, -0.2) is 13.8 Å². The van der Waals surface area contributed by atoms with E-state index in [1.165, 1.54) is 23.9 Å². The van der Waals surface area contributed by atoms with Crippen molar-refractivity contribution in [2.24, 2.45) is 5.16 Å². The van der Waals surface area contributed by atoms with Gasteiger partial charge in [0.15, 0.2) is 24.1 Å². The number of nitrogens with zero attached hydrogens (tertiary/aromatic N) is 5. The van der Waals surface area contributed by atoms with Crippen LogP contribution in [0.3, 0.4) is 0 Å². The lowest BCUT2D eigenvalue weighted by atomic mass is 10.0. The summed E-state index contributed by atoms with van der Waals surface area (Å²) in [6.07, 6.45) is 6.32. The number of aromatic carboxylic acids is 1. The van der Waals surface area contributed by atoms with Crippen molar-refractivity contribution in [1.82, 2.24) is 19.6 Å². The number of pyridine rings is 1. The Hall–Kier alpha value is -4.38. The highest BCUT2D eigenvalue weighted by atomic mass is 32.2. The summed E-state index contributed by atoms with van der Waals surface area (Å²) in [5, 5.41) is 26.0. The summed E-state index contributed by atoms with van der Waals surface area (Å²) in [6.45, 7) is -1.02. The number of carboxylic acid groups (broad SMARTS) is 2. The number of aliphatic carboxylic acids is 1. The fraction of sp³-hybridized carbons (Fsp3) is 0.238. The van der Waals surface area contributed by atoms with E-state index >= 15 is 0 Å². The van der Waals surface area contributed by atoms with E-state index < -0.39 is 47.7 Å². The quantitative estimate of drug-likeness (QED) is 0.130. The van der Waals surface area contributed by atoms with Crippen molar-refractivity contribution in [3.63, 3.8) is 0 Å². The Bertz CT molecular complexity index is 1380. The lowest BCUT2D eigenvalue weighted by Gasteiger charge is -2.50. The number of anilines is 1. The van der Waals surface area contributed by atoms with Gasteiger partial charge in [0.1, 0.15) is 11.4 Å². The van der Waals surface area contributed by atoms with Crippen molar-refractivity contribution >= 4 is 57.9 Å². The third kappa shape index (κ3) is 5.47. The Morgan fingerprint density at radius 2 is 2.13 bits per heavy atom. The fourth-order valence-corrected chi connectivity index (χ4v) is 5.37. The van der Waals surface area contributed by atoms with Crippen molar-refractivity contribution in [3.05, 3.63) is 59.3 Å². The topological polar surface area (TPSA) is 204 Å². The molecule has 0 spiro atoms. The molecule has 2 amide bonds. The molecule has 2 aromatic rings. The van der Waals surface area contributed by atoms with E-state index in [4.69, 9.17) is 10.8 Å². The molecule has 17 heteroatoms. The molecule has 1 saturated heterocycles. The molecule has 14 nitrogen and oxygen atoms in total. The molecular weight excluding hydrogens is 545 g/mol. The van der Waals surface area contributed by atoms with Crippen LogP contribution in [0.1, 0.15) is 16.2 Å². The largest absolute Gasteiger partial charge is 0.543 e. The molecule has 0 radical (unpaired) electrons. The van der Waals surface area contributed by atoms with Gasteiger partial charge in [0.25, 0.3) is 18.7 Å². The first-order chi connectivity index (χ1) is 18.2. The summed E-state index contributed by atoms with van der Waals surface area (Å²) in [5.41, 5.74) is 5.14. The zero-order valence-electron chi connectivity index (χ0n) is 19.1. The number of hydrogen-bond acceptors (Lipinski definition) is 12. The lowest BCUT2D eigenvalue weighted by molar-refractivity contribution is -0.687. The number of hydrogen-bond donors (Lipinski definition) is 3. The zero-order valence-corrected chi connectivity index (χ0v) is 20.8. The van der Waals surface area contributed by atoms with E-state index in [0.717, 1.165) is 16.4 Å². The van der Waals surface area contributed by atoms with E-state index in [1.54, 1.807) is 29.1 Å². The van der Waals surface area contributed by atoms with Crippen LogP contribution in [0, 0.1) is 0 Å². The van der Waals surface area contributed by atoms with Crippen LogP contribution in [-0.4, -0.2) is 72.9 Å². The van der Waals surface area contributed by atoms with Crippen LogP contribution < -0.4 is 20.7 Å². The van der Waals surface area contributed by atoms with Gasteiger partial charge in [0.2, 0.25) is 11.5 Å². The minimum absolute atomic E-state index is 0.0227. The van der Waals surface area contributed by atoms with Crippen LogP contribution in [0.25, 0.3) is 0 Å². The van der Waals surface area contributed by atoms with E-state index in [-0.39, 0.29) is 28.0 Å². The van der Waals surface area contributed by atoms with Crippen LogP contribution in [0.5, 0.6) is 0 Å². The number of oxime groups is 1. The van der Waals surface area contributed by atoms with Gasteiger partial charge in [-0.05, 0) is 11.6 Å². The van der Waals surface area contributed by atoms with Crippen molar-refractivity contribution in [2.45, 2.75) is 18.0 Å². The molecule has 2 aromatic heterocycles. The summed E-state index contributed by atoms with van der Waals surface area (Å²) < 4.78 is 18.0. The molecule has 2 aliphatic rings. The number of fused-ring (bicyclic) bond motifs is 1. The maximum atomic E-state index is 12.9. The van der Waals surface area contributed by atoms with E-state index in [2.05, 4.69) is 24.7 Å². The van der Waals surface area contributed by atoms with Crippen molar-refractivity contribution in [1.29, 1.82) is 0 Å². The third-order valence-electron chi connectivity index (χ3n) is 5.32. The molecule has 4 heterocycles. The molecule has 198 valence electrons. The summed E-state index contributed by atoms with van der Waals surface area (Å²) in [4.78, 5) is 57.7. The zero-order chi connectivity index (χ0) is 27.4. The van der Waals surface area contributed by atoms with Crippen LogP contribution in [0.4, 0.5) is 9.52 Å². The predicted molar refractivity (Wildman–Crippen MR) is 128 cm³/mol. The van der Waals surface area contributed by atoms with Gasteiger partial charge in [-0.2, -0.15) is 9.36 Å². The Labute approximate surface area is 221 Å². The first-order valence-electron chi connectivity index (χ1n) is 10.7. The normalized spacial score (nSPS) is 19.2. The maximum Gasteiger partial charge on any atom is 0.336 e. The molecule has 1 fully saturated rings. The monoisotopic (exact) mass is 563 g/mol. The van der Waals surface area contributed by atoms with E-state index in [1.807, 2.05) is 0 Å². The molecule has 0 unspecified atom stereocenters. The molecule has 38 heavy (non-hydrogen) atoms. The van der Waals surface area contributed by atoms with Crippen LogP contribution in [-0.2, 0) is 25.8 Å². The molecule has 2 atom stereocenters. The highest BCUT2D eigenvalue weighted by molar-refractivity contribution is 8.00. The number of nitrogens with two attached hydrogens (primary N) is 1. The van der Waals surface area contributed by atoms with Gasteiger partial charge in [0, 0.05) is 29.4 Å². The van der Waals surface area contributed by atoms with Crippen molar-refractivity contribution in [2.75, 3.05) is 18.3 Å². The van der Waals surface area contributed by atoms with Gasteiger partial charge >= 0.3 is 5.97 Å². The SMILES string of the molecule is Nc1nc(/C(=N/OCF)C(=O)N[C@@H]2C(=O)N3C(C(=O)[O-])=C(/C=C/C[n+]4ccc(C(=O)O)cc4)CS[C@@H]23)ns1. The third-order valence-corrected chi connectivity index (χ3v) is 7.17. The summed E-state index contributed by atoms with van der Waals surface area (Å²) in [5.74, 6) is -4.29. The number of thioether (sulfide) groups is 1. The smallest absolute Gasteiger partial charge is 0.336 e. The predicted octanol–water partition coefficient (Wildman–Crippen LogP) is -1.59. The van der Waals surface area contributed by atoms with Crippen LogP contribution in [0.2, 0.25) is 0 Å². The van der Waals surface area contributed by atoms with Crippen LogP contribution in [0.15, 0.2) is 53.1 Å². The summed E-state index contributed by atoms with van der Waals surface area (Å²) >= 11 is 1.98. The number of nitrogens with one attached hydrogen (secondary N) is 1. The highest BCUT2D eigenvalue weighted by Crippen LogP contribution is 2.40. The Morgan fingerprint density at radius 3 is 2.74 bits per heavy atom. The first-order valence-corrected chi connectivity index (χ1v) is 12.5. The number of carboxylic acids is 2. The van der Waals surface area contributed by atoms with Gasteiger partial charge in [0.05, 0.1) is 17.2 Å². The molecule has 0 saturated carbocycles. The Balaban J connectivity index is 1.47. The van der Waals surface area contributed by atoms with Crippen molar-refractivity contribution < 1.29 is 43.2 Å². The molecular formula is C21H18FN7O7S2. The highest BCUT2D eigenvalue weighted by Gasteiger charge is 2.53. The number of amides is 2. The van der Waals surface area contributed by atoms with Crippen molar-refractivity contribution in [3.8, 4) is 0 Å². The number of alkyl halides is 1. The molecule has 0 aromatic carbocycles. The Kier molecular flexibility index (Phi) is 7.96. The molecule has 4 N–H and O–H groups in total. The van der Waals surface area contributed by atoms with Gasteiger partial charge in [-0.3, -0.25) is 14.5 Å². The number of rotatable bonds is 10. The minimum Gasteiger partial charge on any atom is -0.543 e. The number of carbonyl (C=O) groups is 4. The summed E-state index contributed by atoms with van der Waals surface area (Å²) in [6, 6.07) is 1.74. The molecule has 4 rings (SSSR count). The maximum absolute atomic E-state index is 12.9. The molecule has 0 bridgehead atoms. The number of aromatic nitrogens is 3. The fourth-order valence-electron chi connectivity index (χ4n) is 3.61. The van der Waals surface area contributed by atoms with Crippen LogP contribution >= 0.6 is 23.3 Å². The number of nitrogen functional groups attached to an aromatic ring is 1. The second-order valence-electron chi connectivity index (χ2n) is 7.65. The number of carbonyl (C=O) groups excluding carboxylic acids is 3. The number of halogens is 1. The standard InChI is InChI=1S/C21H18FN7O7S2/c22-9-36-26-12(15-25-21(23)38-27-15)16(30)24-13-17(31)29-14(20(34)35)11(8-37-18(13)29)2-1-5-28-6-3-10(4-7-28)19(32)33/h1-4,6-7,13,18H,5,8-9H2,(H4-,23,24,25,27,30,32,33,34,35)/b2-1+,26-12-/t13-,18+/m1/s1. The van der Waals surface area contributed by atoms with Gasteiger partial charge in [-0.15, -0.1) is 11.8 Å². The second kappa shape index (κ2) is 11.3. The molecule has 0 aliphatic carbocycles. The first kappa shape index (κ1) is 26.7. The molecule has 2 aliphatic heterocycles. The lowest BCUT2D eigenvalue weighted by Crippen LogP contribution is -2.71. The van der Waals surface area contributed by atoms with E-state index in [0.29, 0.717) is 12.1 Å².